The number of piperidine rings is 1. The van der Waals surface area contributed by atoms with Crippen LogP contribution in [0.25, 0.3) is 0 Å². The molecule has 0 spiro atoms. The molecule has 28 heavy (non-hydrogen) atoms. The van der Waals surface area contributed by atoms with Gasteiger partial charge in [0.15, 0.2) is 0 Å². The van der Waals surface area contributed by atoms with Crippen LogP contribution in [0.15, 0.2) is 48.5 Å². The lowest BCUT2D eigenvalue weighted by molar-refractivity contribution is -0.128. The molecule has 0 saturated carbocycles. The SMILES string of the molecule is O=C(NC[C@H]1COc2ccccc2C1)[C@@H]1CCCCN1Cc1ccc(F)cc1. The lowest BCUT2D eigenvalue weighted by Crippen LogP contribution is -2.50. The Morgan fingerprint density at radius 2 is 1.96 bits per heavy atom. The number of likely N-dealkylation sites (tertiary alicyclic amines) is 1. The third-order valence-corrected chi connectivity index (χ3v) is 5.74. The second-order valence-electron chi connectivity index (χ2n) is 7.84. The van der Waals surface area contributed by atoms with Crippen molar-refractivity contribution < 1.29 is 13.9 Å². The molecule has 148 valence electrons. The lowest BCUT2D eigenvalue weighted by Gasteiger charge is -2.35. The van der Waals surface area contributed by atoms with Crippen LogP contribution in [0, 0.1) is 11.7 Å². The summed E-state index contributed by atoms with van der Waals surface area (Å²) in [6, 6.07) is 14.6. The fourth-order valence-electron chi connectivity index (χ4n) is 4.19. The van der Waals surface area contributed by atoms with Crippen molar-refractivity contribution in [1.82, 2.24) is 10.2 Å². The zero-order valence-corrected chi connectivity index (χ0v) is 16.1. The van der Waals surface area contributed by atoms with Gasteiger partial charge < -0.3 is 10.1 Å². The van der Waals surface area contributed by atoms with E-state index >= 15 is 0 Å². The summed E-state index contributed by atoms with van der Waals surface area (Å²) in [5, 5.41) is 3.16. The minimum atomic E-state index is -0.229. The summed E-state index contributed by atoms with van der Waals surface area (Å²) in [4.78, 5) is 15.1. The predicted molar refractivity (Wildman–Crippen MR) is 107 cm³/mol. The number of benzene rings is 2. The van der Waals surface area contributed by atoms with Crippen LogP contribution >= 0.6 is 0 Å². The summed E-state index contributed by atoms with van der Waals surface area (Å²) in [6.45, 7) is 2.85. The molecule has 0 aliphatic carbocycles. The van der Waals surface area contributed by atoms with Gasteiger partial charge in [-0.1, -0.05) is 36.8 Å². The second kappa shape index (κ2) is 8.74. The maximum absolute atomic E-state index is 13.2. The van der Waals surface area contributed by atoms with Crippen molar-refractivity contribution in [3.05, 3.63) is 65.5 Å². The third kappa shape index (κ3) is 4.53. The number of fused-ring (bicyclic) bond motifs is 1. The molecular formula is C23H27FN2O2. The Bertz CT molecular complexity index is 809. The molecule has 0 bridgehead atoms. The standard InChI is InChI=1S/C23H27FN2O2/c24-20-10-8-17(9-11-20)15-26-12-4-3-6-21(26)23(27)25-14-18-13-19-5-1-2-7-22(19)28-16-18/h1-2,5,7-11,18,21H,3-4,6,12-16H2,(H,25,27)/t18-,21-/m0/s1. The van der Waals surface area contributed by atoms with Gasteiger partial charge in [0.1, 0.15) is 11.6 Å². The van der Waals surface area contributed by atoms with Crippen molar-refractivity contribution >= 4 is 5.91 Å². The van der Waals surface area contributed by atoms with E-state index in [0.717, 1.165) is 43.5 Å². The van der Waals surface area contributed by atoms with Crippen LogP contribution in [-0.4, -0.2) is 36.5 Å². The normalized spacial score (nSPS) is 22.2. The van der Waals surface area contributed by atoms with Gasteiger partial charge in [-0.2, -0.15) is 0 Å². The molecule has 0 unspecified atom stereocenters. The molecule has 1 saturated heterocycles. The summed E-state index contributed by atoms with van der Waals surface area (Å²) in [5.74, 6) is 1.13. The molecule has 5 heteroatoms. The van der Waals surface area contributed by atoms with E-state index < -0.39 is 0 Å². The van der Waals surface area contributed by atoms with Crippen molar-refractivity contribution in [1.29, 1.82) is 0 Å². The van der Waals surface area contributed by atoms with Crippen LogP contribution in [0.4, 0.5) is 4.39 Å². The average Bonchev–Trinajstić information content (AvgIpc) is 2.74. The van der Waals surface area contributed by atoms with Gasteiger partial charge in [-0.3, -0.25) is 9.69 Å². The van der Waals surface area contributed by atoms with E-state index in [2.05, 4.69) is 16.3 Å². The number of amides is 1. The van der Waals surface area contributed by atoms with Crippen molar-refractivity contribution in [3.63, 3.8) is 0 Å². The highest BCUT2D eigenvalue weighted by Gasteiger charge is 2.29. The van der Waals surface area contributed by atoms with Crippen molar-refractivity contribution in [2.75, 3.05) is 19.7 Å². The molecular weight excluding hydrogens is 355 g/mol. The first kappa shape index (κ1) is 18.9. The molecule has 0 aromatic heterocycles. The van der Waals surface area contributed by atoms with Gasteiger partial charge in [0.25, 0.3) is 0 Å². The Morgan fingerprint density at radius 1 is 1.14 bits per heavy atom. The van der Waals surface area contributed by atoms with Crippen molar-refractivity contribution in [2.24, 2.45) is 5.92 Å². The fraction of sp³-hybridized carbons (Fsp3) is 0.435. The Balaban J connectivity index is 1.33. The topological polar surface area (TPSA) is 41.6 Å². The number of ether oxygens (including phenoxy) is 1. The predicted octanol–water partition coefficient (Wildman–Crippen LogP) is 3.55. The summed E-state index contributed by atoms with van der Waals surface area (Å²) in [7, 11) is 0. The molecule has 2 atom stereocenters. The molecule has 4 rings (SSSR count). The highest BCUT2D eigenvalue weighted by molar-refractivity contribution is 5.81. The van der Waals surface area contributed by atoms with Crippen LogP contribution in [0.3, 0.4) is 0 Å². The Labute approximate surface area is 165 Å². The van der Waals surface area contributed by atoms with Gasteiger partial charge in [-0.25, -0.2) is 4.39 Å². The minimum Gasteiger partial charge on any atom is -0.493 e. The van der Waals surface area contributed by atoms with E-state index in [1.807, 2.05) is 18.2 Å². The monoisotopic (exact) mass is 382 g/mol. The largest absolute Gasteiger partial charge is 0.493 e. The summed E-state index contributed by atoms with van der Waals surface area (Å²) in [6.07, 6.45) is 3.97. The first-order chi connectivity index (χ1) is 13.7. The molecule has 1 N–H and O–H groups in total. The summed E-state index contributed by atoms with van der Waals surface area (Å²) < 4.78 is 19.0. The maximum Gasteiger partial charge on any atom is 0.237 e. The van der Waals surface area contributed by atoms with Crippen LogP contribution in [0.2, 0.25) is 0 Å². The van der Waals surface area contributed by atoms with Gasteiger partial charge in [0.2, 0.25) is 5.91 Å². The number of carbonyl (C=O) groups excluding carboxylic acids is 1. The number of para-hydroxylation sites is 1. The van der Waals surface area contributed by atoms with E-state index in [0.29, 0.717) is 25.6 Å². The quantitative estimate of drug-likeness (QED) is 0.860. The lowest BCUT2D eigenvalue weighted by atomic mass is 9.96. The number of hydrogen-bond acceptors (Lipinski definition) is 3. The van der Waals surface area contributed by atoms with Crippen LogP contribution in [0.1, 0.15) is 30.4 Å². The second-order valence-corrected chi connectivity index (χ2v) is 7.84. The van der Waals surface area contributed by atoms with E-state index in [9.17, 15) is 9.18 Å². The highest BCUT2D eigenvalue weighted by Crippen LogP contribution is 2.26. The Kier molecular flexibility index (Phi) is 5.91. The highest BCUT2D eigenvalue weighted by atomic mass is 19.1. The van der Waals surface area contributed by atoms with Crippen LogP contribution < -0.4 is 10.1 Å². The smallest absolute Gasteiger partial charge is 0.237 e. The fourth-order valence-corrected chi connectivity index (χ4v) is 4.19. The van der Waals surface area contributed by atoms with Gasteiger partial charge >= 0.3 is 0 Å². The Morgan fingerprint density at radius 3 is 2.82 bits per heavy atom. The number of rotatable bonds is 5. The molecule has 2 aliphatic rings. The van der Waals surface area contributed by atoms with Crippen LogP contribution in [0.5, 0.6) is 5.75 Å². The third-order valence-electron chi connectivity index (χ3n) is 5.74. The van der Waals surface area contributed by atoms with Crippen LogP contribution in [-0.2, 0) is 17.8 Å². The molecule has 4 nitrogen and oxygen atoms in total. The molecule has 2 aliphatic heterocycles. The molecule has 1 amide bonds. The van der Waals surface area contributed by atoms with E-state index in [1.165, 1.54) is 17.7 Å². The number of nitrogens with one attached hydrogen (secondary N) is 1. The van der Waals surface area contributed by atoms with Gasteiger partial charge in [-0.15, -0.1) is 0 Å². The molecule has 2 aromatic rings. The van der Waals surface area contributed by atoms with Gasteiger partial charge in [-0.05, 0) is 55.1 Å². The number of carbonyl (C=O) groups is 1. The first-order valence-corrected chi connectivity index (χ1v) is 10.2. The number of halogens is 1. The summed E-state index contributed by atoms with van der Waals surface area (Å²) in [5.41, 5.74) is 2.25. The zero-order chi connectivity index (χ0) is 19.3. The average molecular weight is 382 g/mol. The van der Waals surface area contributed by atoms with Gasteiger partial charge in [0.05, 0.1) is 12.6 Å². The molecule has 2 aromatic carbocycles. The minimum absolute atomic E-state index is 0.0978. The van der Waals surface area contributed by atoms with Crippen molar-refractivity contribution in [2.45, 2.75) is 38.3 Å². The Hall–Kier alpha value is -2.40. The molecule has 0 radical (unpaired) electrons. The number of nitrogens with zero attached hydrogens (tertiary/aromatic N) is 1. The molecule has 1 fully saturated rings. The van der Waals surface area contributed by atoms with E-state index in [-0.39, 0.29) is 17.8 Å². The van der Waals surface area contributed by atoms with Crippen molar-refractivity contribution in [3.8, 4) is 5.75 Å². The van der Waals surface area contributed by atoms with E-state index in [1.54, 1.807) is 12.1 Å². The zero-order valence-electron chi connectivity index (χ0n) is 16.1. The summed E-state index contributed by atoms with van der Waals surface area (Å²) >= 11 is 0. The maximum atomic E-state index is 13.2. The number of hydrogen-bond donors (Lipinski definition) is 1. The van der Waals surface area contributed by atoms with Gasteiger partial charge in [0, 0.05) is 19.0 Å². The first-order valence-electron chi connectivity index (χ1n) is 10.2. The van der Waals surface area contributed by atoms with E-state index in [4.69, 9.17) is 4.74 Å². The molecule has 2 heterocycles.